The van der Waals surface area contributed by atoms with Crippen molar-refractivity contribution in [2.45, 2.75) is 6.92 Å². The van der Waals surface area contributed by atoms with Crippen molar-refractivity contribution in [2.75, 3.05) is 19.0 Å². The summed E-state index contributed by atoms with van der Waals surface area (Å²) in [5.74, 6) is -0.968. The van der Waals surface area contributed by atoms with Crippen LogP contribution >= 0.6 is 11.6 Å². The smallest absolute Gasteiger partial charge is 0.325 e. The molecule has 0 aliphatic rings. The fourth-order valence-electron chi connectivity index (χ4n) is 0.430. The predicted molar refractivity (Wildman–Crippen MR) is 40.4 cm³/mol. The molecule has 1 amide bonds. The summed E-state index contributed by atoms with van der Waals surface area (Å²) in [6.07, 6.45) is 0. The van der Waals surface area contributed by atoms with E-state index in [4.69, 9.17) is 11.6 Å². The van der Waals surface area contributed by atoms with Gasteiger partial charge in [-0.25, -0.2) is 0 Å². The van der Waals surface area contributed by atoms with Crippen LogP contribution in [0.5, 0.6) is 0 Å². The van der Waals surface area contributed by atoms with Crippen LogP contribution in [0, 0.1) is 0 Å². The average molecular weight is 180 g/mol. The van der Waals surface area contributed by atoms with Gasteiger partial charge in [-0.3, -0.25) is 9.59 Å². The molecule has 0 aliphatic carbocycles. The van der Waals surface area contributed by atoms with E-state index in [-0.39, 0.29) is 18.3 Å². The maximum Gasteiger partial charge on any atom is 0.325 e. The summed E-state index contributed by atoms with van der Waals surface area (Å²) in [5, 5.41) is 2.27. The van der Waals surface area contributed by atoms with Crippen LogP contribution in [0.4, 0.5) is 0 Å². The van der Waals surface area contributed by atoms with Crippen molar-refractivity contribution in [3.63, 3.8) is 0 Å². The number of halogens is 1. The molecule has 0 saturated carbocycles. The fraction of sp³-hybridized carbons (Fsp3) is 0.667. The lowest BCUT2D eigenvalue weighted by molar-refractivity contribution is -0.143. The molecule has 5 heteroatoms. The van der Waals surface area contributed by atoms with E-state index in [1.54, 1.807) is 6.92 Å². The van der Waals surface area contributed by atoms with Gasteiger partial charge in [0.1, 0.15) is 12.4 Å². The van der Waals surface area contributed by atoms with Gasteiger partial charge in [-0.15, -0.1) is 11.6 Å². The van der Waals surface area contributed by atoms with Gasteiger partial charge < -0.3 is 10.1 Å². The second-order valence-electron chi connectivity index (χ2n) is 1.72. The van der Waals surface area contributed by atoms with E-state index in [1.165, 1.54) is 0 Å². The van der Waals surface area contributed by atoms with Crippen LogP contribution in [0.3, 0.4) is 0 Å². The molecule has 0 rings (SSSR count). The Morgan fingerprint density at radius 1 is 1.55 bits per heavy atom. The summed E-state index contributed by atoms with van der Waals surface area (Å²) in [7, 11) is 0. The molecule has 0 unspecified atom stereocenters. The lowest BCUT2D eigenvalue weighted by Crippen LogP contribution is -2.31. The summed E-state index contributed by atoms with van der Waals surface area (Å²) in [6.45, 7) is 1.90. The Hall–Kier alpha value is -0.770. The summed E-state index contributed by atoms with van der Waals surface area (Å²) < 4.78 is 4.54. The normalized spacial score (nSPS) is 8.91. The SMILES string of the molecule is CCOC(=O)CNC(=O)CCl. The Bertz CT molecular complexity index is 149. The van der Waals surface area contributed by atoms with Gasteiger partial charge in [-0.2, -0.15) is 0 Å². The molecule has 0 radical (unpaired) electrons. The van der Waals surface area contributed by atoms with Gasteiger partial charge in [0, 0.05) is 0 Å². The van der Waals surface area contributed by atoms with Crippen molar-refractivity contribution in [3.05, 3.63) is 0 Å². The maximum atomic E-state index is 10.6. The van der Waals surface area contributed by atoms with Crippen LogP contribution in [0.25, 0.3) is 0 Å². The molecule has 0 fully saturated rings. The minimum atomic E-state index is -0.453. The van der Waals surface area contributed by atoms with Crippen molar-refractivity contribution in [1.82, 2.24) is 5.32 Å². The highest BCUT2D eigenvalue weighted by atomic mass is 35.5. The van der Waals surface area contributed by atoms with Gasteiger partial charge in [0.15, 0.2) is 0 Å². The molecule has 0 aliphatic heterocycles. The second kappa shape index (κ2) is 5.97. The van der Waals surface area contributed by atoms with Crippen LogP contribution in [0.1, 0.15) is 6.92 Å². The average Bonchev–Trinajstić information content (AvgIpc) is 2.01. The van der Waals surface area contributed by atoms with Gasteiger partial charge in [0.25, 0.3) is 0 Å². The topological polar surface area (TPSA) is 55.4 Å². The van der Waals surface area contributed by atoms with Crippen LogP contribution < -0.4 is 5.32 Å². The zero-order chi connectivity index (χ0) is 8.69. The van der Waals surface area contributed by atoms with Gasteiger partial charge in [-0.1, -0.05) is 0 Å². The third-order valence-electron chi connectivity index (χ3n) is 0.857. The number of esters is 1. The van der Waals surface area contributed by atoms with Crippen LogP contribution in [-0.2, 0) is 14.3 Å². The largest absolute Gasteiger partial charge is 0.465 e. The quantitative estimate of drug-likeness (QED) is 0.485. The van der Waals surface area contributed by atoms with Crippen LogP contribution in [-0.4, -0.2) is 30.9 Å². The summed E-state index contributed by atoms with van der Waals surface area (Å²) in [6, 6.07) is 0. The molecule has 0 atom stereocenters. The molecule has 0 spiro atoms. The number of hydrogen-bond donors (Lipinski definition) is 1. The predicted octanol–water partition coefficient (Wildman–Crippen LogP) is -0.0955. The summed E-state index contributed by atoms with van der Waals surface area (Å²) in [5.41, 5.74) is 0. The highest BCUT2D eigenvalue weighted by molar-refractivity contribution is 6.27. The van der Waals surface area contributed by atoms with E-state index in [2.05, 4.69) is 10.1 Å². The third kappa shape index (κ3) is 5.66. The molecule has 0 heterocycles. The molecule has 0 bridgehead atoms. The molecule has 0 saturated heterocycles. The number of nitrogens with one attached hydrogen (secondary N) is 1. The van der Waals surface area contributed by atoms with Gasteiger partial charge in [0.05, 0.1) is 6.61 Å². The highest BCUT2D eigenvalue weighted by Gasteiger charge is 2.03. The first-order chi connectivity index (χ1) is 5.20. The Morgan fingerprint density at radius 3 is 2.64 bits per heavy atom. The lowest BCUT2D eigenvalue weighted by Gasteiger charge is -2.01. The molecule has 1 N–H and O–H groups in total. The molecule has 11 heavy (non-hydrogen) atoms. The van der Waals surface area contributed by atoms with E-state index < -0.39 is 5.97 Å². The second-order valence-corrected chi connectivity index (χ2v) is 1.98. The maximum absolute atomic E-state index is 10.6. The van der Waals surface area contributed by atoms with Crippen LogP contribution in [0.2, 0.25) is 0 Å². The number of ether oxygens (including phenoxy) is 1. The number of carbonyl (C=O) groups excluding carboxylic acids is 2. The van der Waals surface area contributed by atoms with Crippen molar-refractivity contribution in [3.8, 4) is 0 Å². The standard InChI is InChI=1S/C6H10ClNO3/c1-2-11-6(10)4-8-5(9)3-7/h2-4H2,1H3,(H,8,9). The molecule has 4 nitrogen and oxygen atoms in total. The zero-order valence-electron chi connectivity index (χ0n) is 6.22. The van der Waals surface area contributed by atoms with Crippen LogP contribution in [0.15, 0.2) is 0 Å². The summed E-state index contributed by atoms with van der Waals surface area (Å²) in [4.78, 5) is 21.1. The molecular formula is C6H10ClNO3. The Morgan fingerprint density at radius 2 is 2.18 bits per heavy atom. The van der Waals surface area contributed by atoms with Crippen molar-refractivity contribution in [1.29, 1.82) is 0 Å². The van der Waals surface area contributed by atoms with Gasteiger partial charge >= 0.3 is 5.97 Å². The Labute approximate surface area is 69.9 Å². The first-order valence-electron chi connectivity index (χ1n) is 3.19. The number of carbonyl (C=O) groups is 2. The summed E-state index contributed by atoms with van der Waals surface area (Å²) >= 11 is 5.15. The number of amides is 1. The first kappa shape index (κ1) is 10.2. The molecule has 0 aromatic rings. The van der Waals surface area contributed by atoms with E-state index in [0.717, 1.165) is 0 Å². The number of rotatable bonds is 4. The van der Waals surface area contributed by atoms with E-state index >= 15 is 0 Å². The Balaban J connectivity index is 3.38. The molecular weight excluding hydrogens is 170 g/mol. The Kier molecular flexibility index (Phi) is 5.56. The fourth-order valence-corrected chi connectivity index (χ4v) is 0.525. The molecule has 0 aromatic carbocycles. The van der Waals surface area contributed by atoms with Gasteiger partial charge in [-0.05, 0) is 6.92 Å². The first-order valence-corrected chi connectivity index (χ1v) is 3.72. The minimum Gasteiger partial charge on any atom is -0.465 e. The highest BCUT2D eigenvalue weighted by Crippen LogP contribution is 1.77. The lowest BCUT2D eigenvalue weighted by atomic mass is 10.6. The monoisotopic (exact) mass is 179 g/mol. The van der Waals surface area contributed by atoms with Crippen molar-refractivity contribution < 1.29 is 14.3 Å². The van der Waals surface area contributed by atoms with E-state index in [0.29, 0.717) is 6.61 Å². The van der Waals surface area contributed by atoms with E-state index in [9.17, 15) is 9.59 Å². The van der Waals surface area contributed by atoms with E-state index in [1.807, 2.05) is 0 Å². The third-order valence-corrected chi connectivity index (χ3v) is 1.10. The van der Waals surface area contributed by atoms with Gasteiger partial charge in [0.2, 0.25) is 5.91 Å². The number of hydrogen-bond acceptors (Lipinski definition) is 3. The zero-order valence-corrected chi connectivity index (χ0v) is 6.98. The molecule has 0 aromatic heterocycles. The van der Waals surface area contributed by atoms with Crippen molar-refractivity contribution in [2.24, 2.45) is 0 Å². The minimum absolute atomic E-state index is 0.112. The number of alkyl halides is 1. The van der Waals surface area contributed by atoms with Crippen molar-refractivity contribution >= 4 is 23.5 Å². The molecule has 64 valence electrons.